The molecule has 1 saturated heterocycles. The molecule has 1 heterocycles. The minimum absolute atomic E-state index is 0.0709. The van der Waals surface area contributed by atoms with E-state index in [1.807, 2.05) is 6.92 Å². The SMILES string of the molecule is Cc1ccc(F)cc1C(=O)N1CCCC(C(N)=S)C1. The van der Waals surface area contributed by atoms with E-state index in [1.54, 1.807) is 11.0 Å². The summed E-state index contributed by atoms with van der Waals surface area (Å²) in [5, 5.41) is 0. The number of hydrogen-bond donors (Lipinski definition) is 1. The molecule has 2 rings (SSSR count). The van der Waals surface area contributed by atoms with Gasteiger partial charge in [0, 0.05) is 24.6 Å². The molecule has 1 unspecified atom stereocenters. The number of benzene rings is 1. The van der Waals surface area contributed by atoms with Gasteiger partial charge in [-0.05, 0) is 37.5 Å². The van der Waals surface area contributed by atoms with E-state index in [0.29, 0.717) is 23.6 Å². The first-order valence-electron chi connectivity index (χ1n) is 6.34. The van der Waals surface area contributed by atoms with Crippen LogP contribution in [0.2, 0.25) is 0 Å². The molecule has 102 valence electrons. The average Bonchev–Trinajstić information content (AvgIpc) is 2.41. The Balaban J connectivity index is 2.19. The van der Waals surface area contributed by atoms with Gasteiger partial charge in [0.05, 0.1) is 4.99 Å². The van der Waals surface area contributed by atoms with Crippen molar-refractivity contribution in [2.75, 3.05) is 13.1 Å². The first kappa shape index (κ1) is 13.9. The lowest BCUT2D eigenvalue weighted by atomic mass is 9.97. The molecule has 0 radical (unpaired) electrons. The van der Waals surface area contributed by atoms with E-state index in [4.69, 9.17) is 18.0 Å². The normalized spacial score (nSPS) is 19.3. The van der Waals surface area contributed by atoms with Gasteiger partial charge in [-0.15, -0.1) is 0 Å². The molecule has 1 amide bonds. The molecule has 0 aromatic heterocycles. The second kappa shape index (κ2) is 5.65. The van der Waals surface area contributed by atoms with Gasteiger partial charge in [0.2, 0.25) is 0 Å². The number of nitrogens with two attached hydrogens (primary N) is 1. The smallest absolute Gasteiger partial charge is 0.254 e. The summed E-state index contributed by atoms with van der Waals surface area (Å²) in [7, 11) is 0. The zero-order valence-corrected chi connectivity index (χ0v) is 11.7. The van der Waals surface area contributed by atoms with Gasteiger partial charge in [0.15, 0.2) is 0 Å². The molecule has 0 saturated carbocycles. The first-order chi connectivity index (χ1) is 8.99. The molecule has 1 aromatic rings. The molecule has 3 nitrogen and oxygen atoms in total. The highest BCUT2D eigenvalue weighted by Crippen LogP contribution is 2.20. The van der Waals surface area contributed by atoms with Crippen LogP contribution in [0.25, 0.3) is 0 Å². The van der Waals surface area contributed by atoms with Crippen molar-refractivity contribution in [1.82, 2.24) is 4.90 Å². The molecular formula is C14H17FN2OS. The maximum absolute atomic E-state index is 13.3. The minimum Gasteiger partial charge on any atom is -0.393 e. The van der Waals surface area contributed by atoms with E-state index in [1.165, 1.54) is 12.1 Å². The third kappa shape index (κ3) is 3.10. The van der Waals surface area contributed by atoms with E-state index in [-0.39, 0.29) is 11.8 Å². The molecular weight excluding hydrogens is 263 g/mol. The van der Waals surface area contributed by atoms with Crippen LogP contribution in [0.1, 0.15) is 28.8 Å². The fourth-order valence-electron chi connectivity index (χ4n) is 2.39. The third-order valence-corrected chi connectivity index (χ3v) is 3.87. The van der Waals surface area contributed by atoms with Crippen molar-refractivity contribution in [3.05, 3.63) is 35.1 Å². The van der Waals surface area contributed by atoms with Crippen molar-refractivity contribution < 1.29 is 9.18 Å². The van der Waals surface area contributed by atoms with Crippen LogP contribution >= 0.6 is 12.2 Å². The van der Waals surface area contributed by atoms with Gasteiger partial charge in [-0.1, -0.05) is 18.3 Å². The fourth-order valence-corrected chi connectivity index (χ4v) is 2.58. The zero-order chi connectivity index (χ0) is 14.0. The summed E-state index contributed by atoms with van der Waals surface area (Å²) < 4.78 is 13.3. The van der Waals surface area contributed by atoms with Gasteiger partial charge in [-0.3, -0.25) is 4.79 Å². The molecule has 1 aliphatic rings. The highest BCUT2D eigenvalue weighted by Gasteiger charge is 2.26. The Morgan fingerprint density at radius 3 is 2.95 bits per heavy atom. The number of nitrogens with zero attached hydrogens (tertiary/aromatic N) is 1. The maximum Gasteiger partial charge on any atom is 0.254 e. The van der Waals surface area contributed by atoms with Crippen molar-refractivity contribution in [1.29, 1.82) is 0 Å². The number of piperidine rings is 1. The van der Waals surface area contributed by atoms with E-state index in [9.17, 15) is 9.18 Å². The van der Waals surface area contributed by atoms with Crippen LogP contribution in [0, 0.1) is 18.7 Å². The highest BCUT2D eigenvalue weighted by molar-refractivity contribution is 7.80. The number of halogens is 1. The quantitative estimate of drug-likeness (QED) is 0.845. The molecule has 19 heavy (non-hydrogen) atoms. The lowest BCUT2D eigenvalue weighted by molar-refractivity contribution is 0.0702. The second-order valence-electron chi connectivity index (χ2n) is 4.95. The summed E-state index contributed by atoms with van der Waals surface area (Å²) in [6, 6.07) is 4.28. The molecule has 1 aliphatic heterocycles. The molecule has 2 N–H and O–H groups in total. The van der Waals surface area contributed by atoms with Gasteiger partial charge in [0.1, 0.15) is 5.82 Å². The largest absolute Gasteiger partial charge is 0.393 e. The number of hydrogen-bond acceptors (Lipinski definition) is 2. The van der Waals surface area contributed by atoms with Gasteiger partial charge < -0.3 is 10.6 Å². The van der Waals surface area contributed by atoms with Crippen LogP contribution in [-0.2, 0) is 0 Å². The maximum atomic E-state index is 13.3. The summed E-state index contributed by atoms with van der Waals surface area (Å²) in [6.45, 7) is 3.01. The molecule has 1 atom stereocenters. The number of likely N-dealkylation sites (tertiary alicyclic amines) is 1. The Morgan fingerprint density at radius 2 is 2.26 bits per heavy atom. The van der Waals surface area contributed by atoms with Crippen LogP contribution < -0.4 is 5.73 Å². The third-order valence-electron chi connectivity index (χ3n) is 3.54. The predicted molar refractivity (Wildman–Crippen MR) is 76.5 cm³/mol. The van der Waals surface area contributed by atoms with Crippen molar-refractivity contribution in [2.24, 2.45) is 11.7 Å². The number of carbonyl (C=O) groups excluding carboxylic acids is 1. The van der Waals surface area contributed by atoms with Crippen LogP contribution in [0.4, 0.5) is 4.39 Å². The number of carbonyl (C=O) groups is 1. The first-order valence-corrected chi connectivity index (χ1v) is 6.74. The topological polar surface area (TPSA) is 46.3 Å². The van der Waals surface area contributed by atoms with Crippen molar-refractivity contribution in [3.63, 3.8) is 0 Å². The molecule has 5 heteroatoms. The van der Waals surface area contributed by atoms with E-state index < -0.39 is 5.82 Å². The van der Waals surface area contributed by atoms with Crippen LogP contribution in [0.15, 0.2) is 18.2 Å². The van der Waals surface area contributed by atoms with Crippen molar-refractivity contribution in [3.8, 4) is 0 Å². The van der Waals surface area contributed by atoms with E-state index in [0.717, 1.165) is 18.4 Å². The Bertz CT molecular complexity index is 518. The van der Waals surface area contributed by atoms with Gasteiger partial charge >= 0.3 is 0 Å². The number of thiocarbonyl (C=S) groups is 1. The number of rotatable bonds is 2. The number of amides is 1. The Hall–Kier alpha value is -1.49. The van der Waals surface area contributed by atoms with Gasteiger partial charge in [0.25, 0.3) is 5.91 Å². The van der Waals surface area contributed by atoms with Crippen LogP contribution in [0.5, 0.6) is 0 Å². The fraction of sp³-hybridized carbons (Fsp3) is 0.429. The lowest BCUT2D eigenvalue weighted by Gasteiger charge is -2.32. The predicted octanol–water partition coefficient (Wildman–Crippen LogP) is 2.27. The van der Waals surface area contributed by atoms with Crippen molar-refractivity contribution in [2.45, 2.75) is 19.8 Å². The van der Waals surface area contributed by atoms with Crippen LogP contribution in [0.3, 0.4) is 0 Å². The highest BCUT2D eigenvalue weighted by atomic mass is 32.1. The summed E-state index contributed by atoms with van der Waals surface area (Å²) >= 11 is 5.00. The molecule has 0 aliphatic carbocycles. The average molecular weight is 280 g/mol. The van der Waals surface area contributed by atoms with Crippen LogP contribution in [-0.4, -0.2) is 28.9 Å². The lowest BCUT2D eigenvalue weighted by Crippen LogP contribution is -2.43. The van der Waals surface area contributed by atoms with Crippen molar-refractivity contribution >= 4 is 23.1 Å². The van der Waals surface area contributed by atoms with Gasteiger partial charge in [-0.25, -0.2) is 4.39 Å². The summed E-state index contributed by atoms with van der Waals surface area (Å²) in [5.74, 6) is -0.462. The molecule has 0 bridgehead atoms. The minimum atomic E-state index is -0.392. The zero-order valence-electron chi connectivity index (χ0n) is 10.9. The summed E-state index contributed by atoms with van der Waals surface area (Å²) in [5.41, 5.74) is 6.86. The Morgan fingerprint density at radius 1 is 1.53 bits per heavy atom. The monoisotopic (exact) mass is 280 g/mol. The molecule has 1 aromatic carbocycles. The molecule has 1 fully saturated rings. The second-order valence-corrected chi connectivity index (χ2v) is 5.42. The Labute approximate surface area is 117 Å². The number of aryl methyl sites for hydroxylation is 1. The van der Waals surface area contributed by atoms with E-state index in [2.05, 4.69) is 0 Å². The van der Waals surface area contributed by atoms with E-state index >= 15 is 0 Å². The summed E-state index contributed by atoms with van der Waals surface area (Å²) in [6.07, 6.45) is 1.79. The summed E-state index contributed by atoms with van der Waals surface area (Å²) in [4.78, 5) is 14.6. The molecule has 0 spiro atoms. The van der Waals surface area contributed by atoms with Gasteiger partial charge in [-0.2, -0.15) is 0 Å². The Kier molecular flexibility index (Phi) is 4.14. The standard InChI is InChI=1S/C14H17FN2OS/c1-9-4-5-11(15)7-12(9)14(18)17-6-2-3-10(8-17)13(16)19/h4-5,7,10H,2-3,6,8H2,1H3,(H2,16,19).